The lowest BCUT2D eigenvalue weighted by atomic mass is 9.90. The molecule has 0 radical (unpaired) electrons. The number of amides is 1. The summed E-state index contributed by atoms with van der Waals surface area (Å²) in [4.78, 5) is 17.1. The molecule has 1 saturated carbocycles. The molecule has 3 heterocycles. The van der Waals surface area contributed by atoms with Crippen LogP contribution in [-0.2, 0) is 11.8 Å². The first-order valence-corrected chi connectivity index (χ1v) is 8.54. The van der Waals surface area contributed by atoms with Gasteiger partial charge in [-0.2, -0.15) is 5.10 Å². The van der Waals surface area contributed by atoms with Gasteiger partial charge in [0.1, 0.15) is 0 Å². The van der Waals surface area contributed by atoms with Crippen LogP contribution in [0.3, 0.4) is 0 Å². The molecule has 2 aromatic heterocycles. The van der Waals surface area contributed by atoms with E-state index in [4.69, 9.17) is 0 Å². The van der Waals surface area contributed by atoms with Gasteiger partial charge in [-0.3, -0.25) is 9.48 Å². The molecule has 0 bridgehead atoms. The van der Waals surface area contributed by atoms with Crippen LogP contribution in [0.4, 0.5) is 5.13 Å². The molecule has 1 saturated heterocycles. The van der Waals surface area contributed by atoms with E-state index >= 15 is 0 Å². The summed E-state index contributed by atoms with van der Waals surface area (Å²) < 4.78 is 1.78. The maximum absolute atomic E-state index is 12.6. The Kier molecular flexibility index (Phi) is 4.70. The van der Waals surface area contributed by atoms with Crippen LogP contribution in [0, 0.1) is 5.92 Å². The Hall–Kier alpha value is -1.44. The van der Waals surface area contributed by atoms with E-state index < -0.39 is 0 Å². The predicted molar refractivity (Wildman–Crippen MR) is 92.3 cm³/mol. The van der Waals surface area contributed by atoms with Crippen LogP contribution in [-0.4, -0.2) is 33.8 Å². The number of aromatic nitrogens is 3. The number of carbonyl (C=O) groups excluding carboxylic acids is 1. The van der Waals surface area contributed by atoms with Crippen molar-refractivity contribution in [3.8, 4) is 0 Å². The number of aryl methyl sites for hydroxylation is 1. The van der Waals surface area contributed by atoms with Crippen molar-refractivity contribution in [2.75, 3.05) is 18.4 Å². The molecule has 1 aliphatic heterocycles. The lowest BCUT2D eigenvalue weighted by molar-refractivity contribution is -0.119. The minimum Gasteiger partial charge on any atom is -0.315 e. The Morgan fingerprint density at radius 2 is 2.26 bits per heavy atom. The van der Waals surface area contributed by atoms with Crippen molar-refractivity contribution in [2.24, 2.45) is 13.0 Å². The van der Waals surface area contributed by atoms with Crippen molar-refractivity contribution < 1.29 is 4.79 Å². The number of carbonyl (C=O) groups is 1. The van der Waals surface area contributed by atoms with Crippen molar-refractivity contribution >= 4 is 34.8 Å². The first-order chi connectivity index (χ1) is 10.7. The van der Waals surface area contributed by atoms with Crippen LogP contribution in [0.1, 0.15) is 35.9 Å². The van der Waals surface area contributed by atoms with Gasteiger partial charge in [0.2, 0.25) is 5.91 Å². The first-order valence-electron chi connectivity index (χ1n) is 7.66. The van der Waals surface area contributed by atoms with Crippen molar-refractivity contribution in [3.05, 3.63) is 29.0 Å². The van der Waals surface area contributed by atoms with E-state index in [9.17, 15) is 4.79 Å². The molecule has 2 aromatic rings. The van der Waals surface area contributed by atoms with Gasteiger partial charge in [0.15, 0.2) is 5.13 Å². The zero-order chi connectivity index (χ0) is 15.1. The summed E-state index contributed by atoms with van der Waals surface area (Å²) in [7, 11) is 1.90. The normalized spacial score (nSPS) is 23.5. The fraction of sp³-hybridized carbons (Fsp3) is 0.533. The Balaban J connectivity index is 0.00000156. The number of rotatable bonds is 4. The smallest absolute Gasteiger partial charge is 0.231 e. The third-order valence-corrected chi connectivity index (χ3v) is 5.23. The fourth-order valence-electron chi connectivity index (χ4n) is 3.04. The Morgan fingerprint density at radius 3 is 2.96 bits per heavy atom. The van der Waals surface area contributed by atoms with Crippen LogP contribution in [0.2, 0.25) is 0 Å². The van der Waals surface area contributed by atoms with E-state index in [1.165, 1.54) is 24.2 Å². The maximum atomic E-state index is 12.6. The largest absolute Gasteiger partial charge is 0.315 e. The third-order valence-electron chi connectivity index (χ3n) is 4.45. The van der Waals surface area contributed by atoms with Gasteiger partial charge in [-0.15, -0.1) is 23.7 Å². The van der Waals surface area contributed by atoms with E-state index in [0.717, 1.165) is 22.9 Å². The number of hydrogen-bond acceptors (Lipinski definition) is 5. The average molecular weight is 354 g/mol. The molecule has 1 aliphatic carbocycles. The highest BCUT2D eigenvalue weighted by molar-refractivity contribution is 7.13. The SMILES string of the molecule is Cl.Cn1cc([C@H]2CNC[C@@H]2C(=O)Nc2nc(C3CC3)cs2)cn1. The van der Waals surface area contributed by atoms with Gasteiger partial charge in [-0.05, 0) is 18.4 Å². The molecule has 2 fully saturated rings. The Bertz CT molecular complexity index is 696. The molecule has 2 N–H and O–H groups in total. The number of anilines is 1. The molecule has 0 spiro atoms. The van der Waals surface area contributed by atoms with E-state index in [0.29, 0.717) is 12.5 Å². The van der Waals surface area contributed by atoms with Crippen LogP contribution in [0.5, 0.6) is 0 Å². The number of nitrogens with one attached hydrogen (secondary N) is 2. The van der Waals surface area contributed by atoms with Gasteiger partial charge in [-0.1, -0.05) is 0 Å². The highest BCUT2D eigenvalue weighted by atomic mass is 35.5. The average Bonchev–Trinajstić information content (AvgIpc) is 2.92. The van der Waals surface area contributed by atoms with Gasteiger partial charge < -0.3 is 10.6 Å². The van der Waals surface area contributed by atoms with Crippen LogP contribution in [0.25, 0.3) is 0 Å². The second kappa shape index (κ2) is 6.59. The molecule has 6 nitrogen and oxygen atoms in total. The molecular formula is C15H20ClN5OS. The lowest BCUT2D eigenvalue weighted by Crippen LogP contribution is -2.28. The molecule has 1 amide bonds. The molecule has 2 aliphatic rings. The molecule has 8 heteroatoms. The number of halogens is 1. The van der Waals surface area contributed by atoms with Crippen molar-refractivity contribution in [1.29, 1.82) is 0 Å². The predicted octanol–water partition coefficient (Wildman–Crippen LogP) is 2.12. The second-order valence-electron chi connectivity index (χ2n) is 6.16. The zero-order valence-corrected chi connectivity index (χ0v) is 14.5. The van der Waals surface area contributed by atoms with Crippen molar-refractivity contribution in [2.45, 2.75) is 24.7 Å². The summed E-state index contributed by atoms with van der Waals surface area (Å²) in [5.74, 6) is 0.780. The standard InChI is InChI=1S/C15H19N5OS.ClH/c1-20-7-10(4-17-20)11-5-16-6-12(11)14(21)19-15-18-13(8-22-15)9-2-3-9;/h4,7-9,11-12,16H,2-3,5-6H2,1H3,(H,18,19,21);1H/t11-,12+;/m1./s1. The highest BCUT2D eigenvalue weighted by Crippen LogP contribution is 2.41. The summed E-state index contributed by atoms with van der Waals surface area (Å²) in [6, 6.07) is 0. The Morgan fingerprint density at radius 1 is 1.43 bits per heavy atom. The van der Waals surface area contributed by atoms with Gasteiger partial charge in [0, 0.05) is 43.5 Å². The van der Waals surface area contributed by atoms with E-state index in [-0.39, 0.29) is 30.2 Å². The summed E-state index contributed by atoms with van der Waals surface area (Å²) in [6.07, 6.45) is 6.30. The molecule has 0 aromatic carbocycles. The summed E-state index contributed by atoms with van der Waals surface area (Å²) in [5.41, 5.74) is 2.25. The van der Waals surface area contributed by atoms with Gasteiger partial charge in [0.25, 0.3) is 0 Å². The monoisotopic (exact) mass is 353 g/mol. The fourth-order valence-corrected chi connectivity index (χ4v) is 3.84. The van der Waals surface area contributed by atoms with Crippen LogP contribution < -0.4 is 10.6 Å². The number of thiazole rings is 1. The quantitative estimate of drug-likeness (QED) is 0.883. The minimum absolute atomic E-state index is 0. The molecule has 0 unspecified atom stereocenters. The molecular weight excluding hydrogens is 334 g/mol. The third kappa shape index (κ3) is 3.41. The van der Waals surface area contributed by atoms with Crippen molar-refractivity contribution in [3.63, 3.8) is 0 Å². The minimum atomic E-state index is -0.0718. The van der Waals surface area contributed by atoms with Crippen molar-refractivity contribution in [1.82, 2.24) is 20.1 Å². The van der Waals surface area contributed by atoms with Gasteiger partial charge in [-0.25, -0.2) is 4.98 Å². The number of hydrogen-bond donors (Lipinski definition) is 2. The number of nitrogens with zero attached hydrogens (tertiary/aromatic N) is 3. The first kappa shape index (κ1) is 16.4. The summed E-state index contributed by atoms with van der Waals surface area (Å²) >= 11 is 1.53. The van der Waals surface area contributed by atoms with Gasteiger partial charge in [0.05, 0.1) is 17.8 Å². The topological polar surface area (TPSA) is 71.8 Å². The molecule has 23 heavy (non-hydrogen) atoms. The summed E-state index contributed by atoms with van der Waals surface area (Å²) in [6.45, 7) is 1.52. The molecule has 2 atom stereocenters. The van der Waals surface area contributed by atoms with Gasteiger partial charge >= 0.3 is 0 Å². The second-order valence-corrected chi connectivity index (χ2v) is 7.02. The maximum Gasteiger partial charge on any atom is 0.231 e. The zero-order valence-electron chi connectivity index (χ0n) is 12.9. The Labute approximate surface area is 145 Å². The van der Waals surface area contributed by atoms with E-state index in [2.05, 4.69) is 26.1 Å². The van der Waals surface area contributed by atoms with Crippen LogP contribution in [0.15, 0.2) is 17.8 Å². The lowest BCUT2D eigenvalue weighted by Gasteiger charge is -2.15. The molecule has 124 valence electrons. The summed E-state index contributed by atoms with van der Waals surface area (Å²) in [5, 5.41) is 13.3. The highest BCUT2D eigenvalue weighted by Gasteiger charge is 2.35. The van der Waals surface area contributed by atoms with E-state index in [1.807, 2.05) is 19.4 Å². The van der Waals surface area contributed by atoms with Crippen LogP contribution >= 0.6 is 23.7 Å². The molecule has 4 rings (SSSR count). The van der Waals surface area contributed by atoms with E-state index in [1.54, 1.807) is 4.68 Å².